The van der Waals surface area contributed by atoms with E-state index in [-0.39, 0.29) is 24.0 Å². The van der Waals surface area contributed by atoms with Gasteiger partial charge in [-0.1, -0.05) is 0 Å². The molecule has 3 heterocycles. The molecule has 6 heteroatoms. The van der Waals surface area contributed by atoms with Crippen LogP contribution in [-0.4, -0.2) is 47.6 Å². The van der Waals surface area contributed by atoms with E-state index in [2.05, 4.69) is 9.97 Å². The van der Waals surface area contributed by atoms with E-state index < -0.39 is 0 Å². The lowest BCUT2D eigenvalue weighted by Gasteiger charge is -2.16. The van der Waals surface area contributed by atoms with E-state index in [1.807, 2.05) is 6.07 Å². The fourth-order valence-corrected chi connectivity index (χ4v) is 2.78. The predicted octanol–water partition coefficient (Wildman–Crippen LogP) is 0.885. The van der Waals surface area contributed by atoms with E-state index in [1.54, 1.807) is 23.2 Å². The van der Waals surface area contributed by atoms with Crippen LogP contribution in [0.25, 0.3) is 10.9 Å². The summed E-state index contributed by atoms with van der Waals surface area (Å²) in [6.07, 6.45) is 2.51. The van der Waals surface area contributed by atoms with Crippen molar-refractivity contribution in [2.75, 3.05) is 26.8 Å². The zero-order chi connectivity index (χ0) is 14.8. The fraction of sp³-hybridized carbons (Fsp3) is 0.400. The van der Waals surface area contributed by atoms with Gasteiger partial charge in [-0.05, 0) is 24.6 Å². The molecular weight excluding hydrogens is 270 g/mol. The van der Waals surface area contributed by atoms with Gasteiger partial charge >= 0.3 is 0 Å². The number of hydrogen-bond donors (Lipinski definition) is 1. The molecule has 0 spiro atoms. The highest BCUT2D eigenvalue weighted by Gasteiger charge is 2.28. The van der Waals surface area contributed by atoms with Gasteiger partial charge < -0.3 is 14.6 Å². The van der Waals surface area contributed by atoms with E-state index >= 15 is 0 Å². The molecule has 1 amide bonds. The maximum atomic E-state index is 12.1. The number of methoxy groups -OCH3 is 1. The Morgan fingerprint density at radius 3 is 3.24 bits per heavy atom. The normalized spacial score (nSPS) is 18.3. The van der Waals surface area contributed by atoms with Gasteiger partial charge in [0.2, 0.25) is 5.91 Å². The van der Waals surface area contributed by atoms with Crippen LogP contribution in [0.15, 0.2) is 29.2 Å². The average molecular weight is 287 g/mol. The number of rotatable bonds is 3. The predicted molar refractivity (Wildman–Crippen MR) is 78.2 cm³/mol. The molecule has 1 aliphatic rings. The highest BCUT2D eigenvalue weighted by molar-refractivity contribution is 5.78. The minimum atomic E-state index is -0.128. The Labute approximate surface area is 121 Å². The van der Waals surface area contributed by atoms with Crippen LogP contribution in [0.1, 0.15) is 18.0 Å². The molecule has 0 aliphatic carbocycles. The topological polar surface area (TPSA) is 75.3 Å². The van der Waals surface area contributed by atoms with Crippen molar-refractivity contribution in [3.8, 4) is 0 Å². The number of carbonyl (C=O) groups excluding carboxylic acids is 1. The molecule has 0 radical (unpaired) electrons. The number of aromatic amines is 1. The van der Waals surface area contributed by atoms with Crippen molar-refractivity contribution in [2.45, 2.75) is 12.3 Å². The monoisotopic (exact) mass is 287 g/mol. The summed E-state index contributed by atoms with van der Waals surface area (Å²) in [5, 5.41) is 0.589. The second-order valence-electron chi connectivity index (χ2n) is 5.25. The Bertz CT molecular complexity index is 725. The smallest absolute Gasteiger partial charge is 0.257 e. The fourth-order valence-electron chi connectivity index (χ4n) is 2.78. The lowest BCUT2D eigenvalue weighted by Crippen LogP contribution is -2.31. The first-order chi connectivity index (χ1) is 10.2. The molecule has 6 nitrogen and oxygen atoms in total. The first kappa shape index (κ1) is 13.8. The number of nitrogens with zero attached hydrogens (tertiary/aromatic N) is 2. The van der Waals surface area contributed by atoms with Crippen LogP contribution in [0.2, 0.25) is 0 Å². The minimum absolute atomic E-state index is 0.0127. The number of fused-ring (bicyclic) bond motifs is 1. The van der Waals surface area contributed by atoms with Gasteiger partial charge in [0.1, 0.15) is 6.61 Å². The van der Waals surface area contributed by atoms with Crippen LogP contribution in [0.4, 0.5) is 0 Å². The summed E-state index contributed by atoms with van der Waals surface area (Å²) in [4.78, 5) is 32.8. The number of pyridine rings is 2. The lowest BCUT2D eigenvalue weighted by atomic mass is 10.0. The van der Waals surface area contributed by atoms with Gasteiger partial charge in [-0.2, -0.15) is 0 Å². The van der Waals surface area contributed by atoms with Gasteiger partial charge in [0, 0.05) is 38.0 Å². The molecular formula is C15H17N3O3. The zero-order valence-corrected chi connectivity index (χ0v) is 11.8. The van der Waals surface area contributed by atoms with Gasteiger partial charge in [-0.25, -0.2) is 0 Å². The van der Waals surface area contributed by atoms with Crippen LogP contribution in [0.3, 0.4) is 0 Å². The molecule has 0 bridgehead atoms. The minimum Gasteiger partial charge on any atom is -0.375 e. The van der Waals surface area contributed by atoms with Crippen molar-refractivity contribution in [3.05, 3.63) is 40.4 Å². The third kappa shape index (κ3) is 2.67. The molecule has 1 fully saturated rings. The molecule has 1 atom stereocenters. The summed E-state index contributed by atoms with van der Waals surface area (Å²) in [5.74, 6) is 0.131. The van der Waals surface area contributed by atoms with Crippen LogP contribution >= 0.6 is 0 Å². The summed E-state index contributed by atoms with van der Waals surface area (Å²) in [7, 11) is 1.51. The number of amides is 1. The number of likely N-dealkylation sites (tertiary alicyclic amines) is 1. The summed E-state index contributed by atoms with van der Waals surface area (Å²) < 4.78 is 4.87. The highest BCUT2D eigenvalue weighted by atomic mass is 16.5. The number of nitrogens with one attached hydrogen (secondary N) is 1. The van der Waals surface area contributed by atoms with Gasteiger partial charge in [0.25, 0.3) is 5.56 Å². The number of H-pyrrole nitrogens is 1. The van der Waals surface area contributed by atoms with Crippen molar-refractivity contribution >= 4 is 16.8 Å². The Morgan fingerprint density at radius 2 is 2.43 bits per heavy atom. The van der Waals surface area contributed by atoms with Crippen molar-refractivity contribution in [2.24, 2.45) is 0 Å². The first-order valence-electron chi connectivity index (χ1n) is 6.93. The molecule has 0 aromatic carbocycles. The van der Waals surface area contributed by atoms with E-state index in [9.17, 15) is 9.59 Å². The average Bonchev–Trinajstić information content (AvgIpc) is 2.97. The van der Waals surface area contributed by atoms with Gasteiger partial charge in [0.05, 0.1) is 10.9 Å². The van der Waals surface area contributed by atoms with Crippen LogP contribution in [0.5, 0.6) is 0 Å². The SMILES string of the molecule is COCC(=O)N1CC[C@H](c2cc3ncccc3c(=O)[nH]2)C1. The maximum Gasteiger partial charge on any atom is 0.257 e. The van der Waals surface area contributed by atoms with E-state index in [1.165, 1.54) is 7.11 Å². The summed E-state index contributed by atoms with van der Waals surface area (Å²) in [6.45, 7) is 1.40. The Morgan fingerprint density at radius 1 is 1.57 bits per heavy atom. The van der Waals surface area contributed by atoms with Crippen molar-refractivity contribution in [3.63, 3.8) is 0 Å². The number of ether oxygens (including phenoxy) is 1. The van der Waals surface area contributed by atoms with E-state index in [0.29, 0.717) is 24.0 Å². The third-order valence-electron chi connectivity index (χ3n) is 3.88. The van der Waals surface area contributed by atoms with Crippen molar-refractivity contribution in [1.82, 2.24) is 14.9 Å². The molecule has 0 unspecified atom stereocenters. The van der Waals surface area contributed by atoms with E-state index in [4.69, 9.17) is 4.74 Å². The van der Waals surface area contributed by atoms with Gasteiger partial charge in [-0.15, -0.1) is 0 Å². The largest absolute Gasteiger partial charge is 0.375 e. The highest BCUT2D eigenvalue weighted by Crippen LogP contribution is 2.26. The molecule has 3 rings (SSSR count). The Kier molecular flexibility index (Phi) is 3.70. The second kappa shape index (κ2) is 5.65. The number of hydrogen-bond acceptors (Lipinski definition) is 4. The molecule has 2 aromatic rings. The van der Waals surface area contributed by atoms with Crippen molar-refractivity contribution in [1.29, 1.82) is 0 Å². The second-order valence-corrected chi connectivity index (χ2v) is 5.25. The van der Waals surface area contributed by atoms with Gasteiger partial charge in [0.15, 0.2) is 0 Å². The van der Waals surface area contributed by atoms with Crippen LogP contribution < -0.4 is 5.56 Å². The van der Waals surface area contributed by atoms with E-state index in [0.717, 1.165) is 12.1 Å². The zero-order valence-electron chi connectivity index (χ0n) is 11.8. The molecule has 0 saturated carbocycles. The molecule has 1 saturated heterocycles. The summed E-state index contributed by atoms with van der Waals surface area (Å²) in [5.41, 5.74) is 1.41. The van der Waals surface area contributed by atoms with Gasteiger partial charge in [-0.3, -0.25) is 14.6 Å². The summed E-state index contributed by atoms with van der Waals surface area (Å²) >= 11 is 0. The number of aromatic nitrogens is 2. The molecule has 110 valence electrons. The quantitative estimate of drug-likeness (QED) is 0.909. The first-order valence-corrected chi connectivity index (χ1v) is 6.93. The third-order valence-corrected chi connectivity index (χ3v) is 3.88. The molecule has 21 heavy (non-hydrogen) atoms. The maximum absolute atomic E-state index is 12.1. The Hall–Kier alpha value is -2.21. The van der Waals surface area contributed by atoms with Crippen LogP contribution in [-0.2, 0) is 9.53 Å². The standard InChI is InChI=1S/C15H17N3O3/c1-21-9-14(19)18-6-4-10(8-18)12-7-13-11(15(20)17-12)3-2-5-16-13/h2-3,5,7,10H,4,6,8-9H2,1H3,(H,17,20)/t10-/m0/s1. The Balaban J connectivity index is 1.85. The van der Waals surface area contributed by atoms with Crippen LogP contribution in [0, 0.1) is 0 Å². The summed E-state index contributed by atoms with van der Waals surface area (Å²) in [6, 6.07) is 5.41. The van der Waals surface area contributed by atoms with Crippen molar-refractivity contribution < 1.29 is 9.53 Å². The lowest BCUT2D eigenvalue weighted by molar-refractivity contribution is -0.134. The molecule has 1 N–H and O–H groups in total. The number of carbonyl (C=O) groups is 1. The molecule has 1 aliphatic heterocycles. The molecule has 2 aromatic heterocycles.